The van der Waals surface area contributed by atoms with Crippen LogP contribution in [0.4, 0.5) is 16.0 Å². The molecule has 0 N–H and O–H groups in total. The van der Waals surface area contributed by atoms with E-state index in [0.717, 1.165) is 26.2 Å². The minimum Gasteiger partial charge on any atom is -0.401 e. The highest BCUT2D eigenvalue weighted by Gasteiger charge is 2.19. The van der Waals surface area contributed by atoms with Crippen LogP contribution < -0.4 is 4.90 Å². The summed E-state index contributed by atoms with van der Waals surface area (Å²) in [6, 6.07) is 5.77. The first-order valence-corrected chi connectivity index (χ1v) is 9.31. The summed E-state index contributed by atoms with van der Waals surface area (Å²) in [4.78, 5) is 22.9. The van der Waals surface area contributed by atoms with Crippen LogP contribution in [0.25, 0.3) is 23.1 Å². The molecule has 1 aliphatic rings. The second-order valence-corrected chi connectivity index (χ2v) is 7.11. The third kappa shape index (κ3) is 4.06. The Morgan fingerprint density at radius 1 is 1.21 bits per heavy atom. The molecule has 1 saturated heterocycles. The molecule has 29 heavy (non-hydrogen) atoms. The average Bonchev–Trinajstić information content (AvgIpc) is 3.17. The molecule has 1 fully saturated rings. The van der Waals surface area contributed by atoms with Crippen molar-refractivity contribution in [1.82, 2.24) is 14.9 Å². The van der Waals surface area contributed by atoms with Crippen LogP contribution in [-0.4, -0.2) is 53.0 Å². The van der Waals surface area contributed by atoms with Crippen LogP contribution in [0.15, 0.2) is 28.7 Å². The Labute approximate surface area is 170 Å². The normalized spacial score (nSPS) is 15.5. The minimum absolute atomic E-state index is 0.129. The van der Waals surface area contributed by atoms with Gasteiger partial charge in [-0.15, -0.1) is 0 Å². The predicted octanol–water partition coefficient (Wildman–Crippen LogP) is 3.85. The molecular weight excluding hydrogens is 401 g/mol. The maximum absolute atomic E-state index is 14.7. The van der Waals surface area contributed by atoms with E-state index in [1.165, 1.54) is 30.4 Å². The fourth-order valence-corrected chi connectivity index (χ4v) is 3.41. The number of aromatic nitrogens is 2. The molecule has 150 valence electrons. The monoisotopic (exact) mass is 417 g/mol. The fraction of sp³-hybridized carbons (Fsp3) is 0.263. The van der Waals surface area contributed by atoms with Crippen LogP contribution in [0.5, 0.6) is 0 Å². The smallest absolute Gasteiger partial charge is 0.401 e. The summed E-state index contributed by atoms with van der Waals surface area (Å²) >= 11 is 6.23. The standard InChI is InChI=1S/C19H17ClFN5O3/c1-24-6-8-25(9-7-24)16-11-15-13(10-14(16)21)19(20)23-17(22-15)4-2-12-3-5-18(29-12)26(27)28/h2-5,10-11H,6-9H2,1H3/b4-2+. The minimum atomic E-state index is -0.616. The van der Waals surface area contributed by atoms with Crippen molar-refractivity contribution in [2.24, 2.45) is 0 Å². The van der Waals surface area contributed by atoms with Gasteiger partial charge < -0.3 is 14.2 Å². The topological polar surface area (TPSA) is 88.5 Å². The van der Waals surface area contributed by atoms with E-state index in [0.29, 0.717) is 16.6 Å². The number of anilines is 1. The Morgan fingerprint density at radius 3 is 2.66 bits per heavy atom. The lowest BCUT2D eigenvalue weighted by Gasteiger charge is -2.34. The van der Waals surface area contributed by atoms with Gasteiger partial charge in [0.1, 0.15) is 21.7 Å². The van der Waals surface area contributed by atoms with Crippen LogP contribution in [0, 0.1) is 15.9 Å². The van der Waals surface area contributed by atoms with Crippen molar-refractivity contribution in [3.05, 3.63) is 56.9 Å². The number of furan rings is 1. The molecule has 4 rings (SSSR count). The Hall–Kier alpha value is -3.04. The Balaban J connectivity index is 1.66. The van der Waals surface area contributed by atoms with Gasteiger partial charge in [-0.2, -0.15) is 0 Å². The SMILES string of the molecule is CN1CCN(c2cc3nc(/C=C/c4ccc([N+](=O)[O-])o4)nc(Cl)c3cc2F)CC1. The third-order valence-electron chi connectivity index (χ3n) is 4.77. The zero-order chi connectivity index (χ0) is 20.5. The van der Waals surface area contributed by atoms with Crippen LogP contribution in [0.1, 0.15) is 11.6 Å². The lowest BCUT2D eigenvalue weighted by Crippen LogP contribution is -2.44. The van der Waals surface area contributed by atoms with Gasteiger partial charge in [-0.1, -0.05) is 11.6 Å². The summed E-state index contributed by atoms with van der Waals surface area (Å²) in [6.45, 7) is 3.15. The number of likely N-dealkylation sites (N-methyl/N-ethyl adjacent to an activating group) is 1. The molecule has 0 atom stereocenters. The number of nitro groups is 1. The summed E-state index contributed by atoms with van der Waals surface area (Å²) in [6.07, 6.45) is 3.04. The number of halogens is 2. The highest BCUT2D eigenvalue weighted by atomic mass is 35.5. The van der Waals surface area contributed by atoms with Crippen LogP contribution in [0.2, 0.25) is 5.15 Å². The summed E-state index contributed by atoms with van der Waals surface area (Å²) in [5.41, 5.74) is 1.00. The second-order valence-electron chi connectivity index (χ2n) is 6.75. The van der Waals surface area contributed by atoms with Crippen molar-refractivity contribution in [1.29, 1.82) is 0 Å². The quantitative estimate of drug-likeness (QED) is 0.362. The van der Waals surface area contributed by atoms with Gasteiger partial charge in [0.2, 0.25) is 0 Å². The van der Waals surface area contributed by atoms with Gasteiger partial charge >= 0.3 is 5.88 Å². The van der Waals surface area contributed by atoms with E-state index in [9.17, 15) is 14.5 Å². The first kappa shape index (κ1) is 19.3. The van der Waals surface area contributed by atoms with Crippen molar-refractivity contribution in [3.63, 3.8) is 0 Å². The average molecular weight is 418 g/mol. The van der Waals surface area contributed by atoms with Gasteiger partial charge in [0.15, 0.2) is 5.82 Å². The van der Waals surface area contributed by atoms with Crippen LogP contribution in [0.3, 0.4) is 0 Å². The number of nitrogens with zero attached hydrogens (tertiary/aromatic N) is 5. The molecule has 1 aromatic carbocycles. The number of piperazine rings is 1. The molecule has 8 nitrogen and oxygen atoms in total. The number of benzene rings is 1. The van der Waals surface area contributed by atoms with Gasteiger partial charge in [0.05, 0.1) is 17.3 Å². The molecule has 2 aromatic heterocycles. The van der Waals surface area contributed by atoms with Crippen molar-refractivity contribution >= 4 is 46.2 Å². The summed E-state index contributed by atoms with van der Waals surface area (Å²) < 4.78 is 19.7. The van der Waals surface area contributed by atoms with E-state index in [1.54, 1.807) is 6.07 Å². The van der Waals surface area contributed by atoms with Crippen LogP contribution in [-0.2, 0) is 0 Å². The van der Waals surface area contributed by atoms with Crippen molar-refractivity contribution in [2.45, 2.75) is 0 Å². The number of hydrogen-bond acceptors (Lipinski definition) is 7. The van der Waals surface area contributed by atoms with Gasteiger partial charge in [0.25, 0.3) is 0 Å². The fourth-order valence-electron chi connectivity index (χ4n) is 3.17. The Kier molecular flexibility index (Phi) is 5.16. The summed E-state index contributed by atoms with van der Waals surface area (Å²) in [5.74, 6) is -0.139. The second kappa shape index (κ2) is 7.76. The van der Waals surface area contributed by atoms with E-state index in [1.807, 2.05) is 11.9 Å². The van der Waals surface area contributed by atoms with Gasteiger partial charge in [-0.05, 0) is 37.4 Å². The highest BCUT2D eigenvalue weighted by molar-refractivity contribution is 6.34. The Bertz CT molecular complexity index is 1110. The lowest BCUT2D eigenvalue weighted by molar-refractivity contribution is -0.402. The van der Waals surface area contributed by atoms with Crippen molar-refractivity contribution in [3.8, 4) is 0 Å². The number of fused-ring (bicyclic) bond motifs is 1. The maximum Gasteiger partial charge on any atom is 0.433 e. The van der Waals surface area contributed by atoms with E-state index in [4.69, 9.17) is 16.0 Å². The van der Waals surface area contributed by atoms with E-state index in [2.05, 4.69) is 14.9 Å². The first-order chi connectivity index (χ1) is 13.9. The number of hydrogen-bond donors (Lipinski definition) is 0. The van der Waals surface area contributed by atoms with Crippen molar-refractivity contribution in [2.75, 3.05) is 38.1 Å². The molecular formula is C19H17ClFN5O3. The van der Waals surface area contributed by atoms with E-state index in [-0.39, 0.29) is 28.4 Å². The Morgan fingerprint density at radius 2 is 1.97 bits per heavy atom. The lowest BCUT2D eigenvalue weighted by atomic mass is 10.1. The molecule has 1 aliphatic heterocycles. The van der Waals surface area contributed by atoms with Gasteiger partial charge in [0, 0.05) is 31.6 Å². The number of rotatable bonds is 4. The largest absolute Gasteiger partial charge is 0.433 e. The summed E-state index contributed by atoms with van der Waals surface area (Å²) in [5, 5.41) is 11.2. The third-order valence-corrected chi connectivity index (χ3v) is 5.06. The van der Waals surface area contributed by atoms with Gasteiger partial charge in [-0.25, -0.2) is 14.4 Å². The van der Waals surface area contributed by atoms with Crippen molar-refractivity contribution < 1.29 is 13.7 Å². The summed E-state index contributed by atoms with van der Waals surface area (Å²) in [7, 11) is 2.04. The molecule has 0 bridgehead atoms. The first-order valence-electron chi connectivity index (χ1n) is 8.93. The zero-order valence-corrected chi connectivity index (χ0v) is 16.3. The molecule has 0 amide bonds. The molecule has 10 heteroatoms. The molecule has 0 aliphatic carbocycles. The van der Waals surface area contributed by atoms with E-state index >= 15 is 0 Å². The van der Waals surface area contributed by atoms with Gasteiger partial charge in [-0.3, -0.25) is 10.1 Å². The molecule has 0 saturated carbocycles. The molecule has 0 unspecified atom stereocenters. The molecule has 3 aromatic rings. The molecule has 0 radical (unpaired) electrons. The predicted molar refractivity (Wildman–Crippen MR) is 109 cm³/mol. The highest BCUT2D eigenvalue weighted by Crippen LogP contribution is 2.29. The van der Waals surface area contributed by atoms with Crippen LogP contribution >= 0.6 is 11.6 Å². The van der Waals surface area contributed by atoms with E-state index < -0.39 is 4.92 Å². The maximum atomic E-state index is 14.7. The molecule has 3 heterocycles. The zero-order valence-electron chi connectivity index (χ0n) is 15.5. The molecule has 0 spiro atoms.